The van der Waals surface area contributed by atoms with Crippen molar-refractivity contribution in [1.82, 2.24) is 27.9 Å². The number of aryl methyl sites for hydroxylation is 2. The maximum atomic E-state index is 5.65. The molecule has 0 aliphatic rings. The van der Waals surface area contributed by atoms with Crippen molar-refractivity contribution in [2.24, 2.45) is 14.1 Å². The molecule has 51 heavy (non-hydrogen) atoms. The zero-order valence-electron chi connectivity index (χ0n) is 29.9. The summed E-state index contributed by atoms with van der Waals surface area (Å²) in [7, 11) is 4.12. The third kappa shape index (κ3) is 5.66. The van der Waals surface area contributed by atoms with Gasteiger partial charge in [0.25, 0.3) is 0 Å². The van der Waals surface area contributed by atoms with Crippen molar-refractivity contribution in [1.29, 1.82) is 0 Å². The highest BCUT2D eigenvalue weighted by molar-refractivity contribution is 6.04. The van der Waals surface area contributed by atoms with Gasteiger partial charge in [-0.3, -0.25) is 8.80 Å². The second kappa shape index (κ2) is 14.3. The topological polar surface area (TPSA) is 57.6 Å². The normalized spacial score (nSPS) is 10.9. The highest BCUT2D eigenvalue weighted by Gasteiger charge is 2.13. The molecular weight excluding hydrogens is 629 g/mol. The molecule has 254 valence electrons. The molecule has 6 aromatic carbocycles. The van der Waals surface area contributed by atoms with Crippen LogP contribution in [0.4, 0.5) is 0 Å². The first-order chi connectivity index (χ1) is 25.2. The number of benzene rings is 6. The second-order valence-electron chi connectivity index (χ2n) is 11.7. The Labute approximate surface area is 296 Å². The number of imidazole rings is 4. The molecule has 0 aliphatic heterocycles. The van der Waals surface area contributed by atoms with Crippen LogP contribution in [0.2, 0.25) is 0 Å². The molecule has 0 radical (unpaired) electrons. The van der Waals surface area contributed by atoms with E-state index in [0.717, 1.165) is 33.8 Å². The van der Waals surface area contributed by atoms with Crippen LogP contribution in [-0.4, -0.2) is 27.9 Å². The van der Waals surface area contributed by atoms with Gasteiger partial charge in [0.1, 0.15) is 11.2 Å². The van der Waals surface area contributed by atoms with E-state index in [1.165, 1.54) is 43.9 Å². The van der Waals surface area contributed by atoms with Gasteiger partial charge in [0.05, 0.1) is 44.1 Å². The Morgan fingerprint density at radius 2 is 0.686 bits per heavy atom. The molecule has 7 nitrogen and oxygen atoms in total. The zero-order valence-corrected chi connectivity index (χ0v) is 29.9. The number of hydrogen-bond acceptors (Lipinski definition) is 3. The summed E-state index contributed by atoms with van der Waals surface area (Å²) in [6.07, 6.45) is 0. The molecule has 0 spiro atoms. The lowest BCUT2D eigenvalue weighted by atomic mass is 10.2. The van der Waals surface area contributed by atoms with Crippen molar-refractivity contribution in [2.45, 2.75) is 27.7 Å². The molecule has 11 aromatic rings. The maximum Gasteiger partial charge on any atom is 0.215 e. The number of fused-ring (bicyclic) bond motifs is 13. The molecule has 0 saturated heterocycles. The third-order valence-corrected chi connectivity index (χ3v) is 8.94. The van der Waals surface area contributed by atoms with Crippen molar-refractivity contribution >= 4 is 77.6 Å². The van der Waals surface area contributed by atoms with E-state index in [2.05, 4.69) is 139 Å². The van der Waals surface area contributed by atoms with Gasteiger partial charge in [0.2, 0.25) is 11.6 Å². The first-order valence-corrected chi connectivity index (χ1v) is 17.6. The van der Waals surface area contributed by atoms with Crippen LogP contribution < -0.4 is 0 Å². The van der Waals surface area contributed by atoms with Crippen LogP contribution >= 0.6 is 0 Å². The Kier molecular flexibility index (Phi) is 9.27. The van der Waals surface area contributed by atoms with Crippen molar-refractivity contribution in [3.63, 3.8) is 0 Å². The number of furan rings is 1. The zero-order chi connectivity index (χ0) is 35.5. The summed E-state index contributed by atoms with van der Waals surface area (Å²) < 4.78 is 14.3. The summed E-state index contributed by atoms with van der Waals surface area (Å²) in [4.78, 5) is 9.36. The quantitative estimate of drug-likeness (QED) is 0.161. The van der Waals surface area contributed by atoms with Gasteiger partial charge in [-0.05, 0) is 60.7 Å². The predicted molar refractivity (Wildman–Crippen MR) is 215 cm³/mol. The number of rotatable bonds is 0. The van der Waals surface area contributed by atoms with E-state index in [0.29, 0.717) is 0 Å². The molecule has 0 atom stereocenters. The molecule has 0 fully saturated rings. The molecule has 0 unspecified atom stereocenters. The van der Waals surface area contributed by atoms with Gasteiger partial charge < -0.3 is 13.6 Å². The Morgan fingerprint density at radius 1 is 0.373 bits per heavy atom. The highest BCUT2D eigenvalue weighted by atomic mass is 16.3. The lowest BCUT2D eigenvalue weighted by Crippen LogP contribution is -1.87. The average molecular weight is 671 g/mol. The van der Waals surface area contributed by atoms with E-state index in [1.54, 1.807) is 0 Å². The molecule has 0 N–H and O–H groups in total. The fourth-order valence-corrected chi connectivity index (χ4v) is 6.72. The van der Waals surface area contributed by atoms with E-state index in [-0.39, 0.29) is 0 Å². The van der Waals surface area contributed by atoms with Crippen LogP contribution in [0.5, 0.6) is 0 Å². The number of nitrogens with zero attached hydrogens (tertiary/aromatic N) is 6. The second-order valence-corrected chi connectivity index (χ2v) is 11.7. The minimum atomic E-state index is 0.962. The fraction of sp³-hybridized carbons (Fsp3) is 0.136. The van der Waals surface area contributed by atoms with Gasteiger partial charge in [0.15, 0.2) is 0 Å². The third-order valence-electron chi connectivity index (χ3n) is 8.94. The van der Waals surface area contributed by atoms with Crippen molar-refractivity contribution in [3.8, 4) is 0 Å². The Hall–Kier alpha value is -6.34. The van der Waals surface area contributed by atoms with Gasteiger partial charge >= 0.3 is 0 Å². The molecule has 5 aromatic heterocycles. The van der Waals surface area contributed by atoms with E-state index in [4.69, 9.17) is 4.42 Å². The van der Waals surface area contributed by atoms with E-state index < -0.39 is 0 Å². The first-order valence-electron chi connectivity index (χ1n) is 17.6. The van der Waals surface area contributed by atoms with Crippen LogP contribution in [0.3, 0.4) is 0 Å². The molecule has 0 amide bonds. The lowest BCUT2D eigenvalue weighted by Gasteiger charge is -1.94. The summed E-state index contributed by atoms with van der Waals surface area (Å²) >= 11 is 0. The van der Waals surface area contributed by atoms with E-state index in [1.807, 2.05) is 76.2 Å². The number of aromatic nitrogens is 6. The largest absolute Gasteiger partial charge is 0.456 e. The summed E-state index contributed by atoms with van der Waals surface area (Å²) in [5.41, 5.74) is 11.2. The minimum absolute atomic E-state index is 0.962. The molecule has 0 aliphatic carbocycles. The lowest BCUT2D eigenvalue weighted by molar-refractivity contribution is 0.669. The molecular formula is C44H42N6O. The van der Waals surface area contributed by atoms with Crippen LogP contribution in [0.25, 0.3) is 77.6 Å². The van der Waals surface area contributed by atoms with Gasteiger partial charge in [0, 0.05) is 24.9 Å². The molecule has 5 heterocycles. The standard InChI is InChI=1S/2C14H11N3.C12H8O.2C2H6/c2*1-16-12-8-4-5-9-13(12)17-11-7-3-2-6-10(11)15-14(16)17;1-3-7-11-9(5-1)10-6-2-4-8-12(10)13-11;2*1-2/h2*2-9H,1H3;1-8H;2*1-2H3. The fourth-order valence-electron chi connectivity index (χ4n) is 6.72. The van der Waals surface area contributed by atoms with Gasteiger partial charge in [-0.15, -0.1) is 0 Å². The molecule has 0 saturated carbocycles. The van der Waals surface area contributed by atoms with Crippen LogP contribution in [0.1, 0.15) is 27.7 Å². The van der Waals surface area contributed by atoms with E-state index >= 15 is 0 Å². The van der Waals surface area contributed by atoms with Gasteiger partial charge in [-0.1, -0.05) is 113 Å². The average Bonchev–Trinajstić information content (AvgIpc) is 4.00. The monoisotopic (exact) mass is 670 g/mol. The minimum Gasteiger partial charge on any atom is -0.456 e. The van der Waals surface area contributed by atoms with Crippen LogP contribution in [0, 0.1) is 0 Å². The molecule has 7 heteroatoms. The predicted octanol–water partition coefficient (Wildman–Crippen LogP) is 11.6. The Bertz CT molecular complexity index is 2700. The summed E-state index contributed by atoms with van der Waals surface area (Å²) in [6.45, 7) is 8.00. The van der Waals surface area contributed by atoms with Crippen molar-refractivity contribution in [2.75, 3.05) is 0 Å². The van der Waals surface area contributed by atoms with Gasteiger partial charge in [-0.25, -0.2) is 9.97 Å². The number of para-hydroxylation sites is 10. The van der Waals surface area contributed by atoms with Crippen molar-refractivity contribution < 1.29 is 4.42 Å². The van der Waals surface area contributed by atoms with E-state index in [9.17, 15) is 0 Å². The van der Waals surface area contributed by atoms with Crippen molar-refractivity contribution in [3.05, 3.63) is 146 Å². The molecule has 11 rings (SSSR count). The summed E-state index contributed by atoms with van der Waals surface area (Å²) in [5.74, 6) is 1.99. The highest BCUT2D eigenvalue weighted by Crippen LogP contribution is 2.28. The van der Waals surface area contributed by atoms with Crippen LogP contribution in [-0.2, 0) is 14.1 Å². The van der Waals surface area contributed by atoms with Crippen LogP contribution in [0.15, 0.2) is 150 Å². The number of hydrogen-bond donors (Lipinski definition) is 0. The Balaban J connectivity index is 0.000000115. The first kappa shape index (κ1) is 33.2. The summed E-state index contributed by atoms with van der Waals surface area (Å²) in [6, 6.07) is 49.5. The van der Waals surface area contributed by atoms with Gasteiger partial charge in [-0.2, -0.15) is 0 Å². The SMILES string of the molecule is CC.CC.Cn1c2ccccc2n2c3ccccc3nc12.Cn1c2ccccc2n2c3ccccc3nc12.c1ccc2c(c1)oc1ccccc12. The Morgan fingerprint density at radius 3 is 1.10 bits per heavy atom. The maximum absolute atomic E-state index is 5.65. The summed E-state index contributed by atoms with van der Waals surface area (Å²) in [5, 5.41) is 2.39. The molecule has 0 bridgehead atoms. The smallest absolute Gasteiger partial charge is 0.215 e.